The van der Waals surface area contributed by atoms with Crippen LogP contribution in [0.25, 0.3) is 6.08 Å². The molecule has 3 N–H and O–H groups in total. The van der Waals surface area contributed by atoms with E-state index in [0.29, 0.717) is 23.7 Å². The molecule has 4 fully saturated rings. The molecule has 0 aliphatic heterocycles. The van der Waals surface area contributed by atoms with Crippen LogP contribution in [0, 0.1) is 45.3 Å². The highest BCUT2D eigenvalue weighted by molar-refractivity contribution is 5.87. The van der Waals surface area contributed by atoms with Gasteiger partial charge in [0.1, 0.15) is 11.9 Å². The van der Waals surface area contributed by atoms with E-state index in [1.807, 2.05) is 6.92 Å². The monoisotopic (exact) mass is 606 g/mol. The minimum absolute atomic E-state index is 0.0871. The molecule has 0 spiro atoms. The first-order valence-corrected chi connectivity index (χ1v) is 17.2. The molecule has 4 saturated carbocycles. The Kier molecular flexibility index (Phi) is 9.01. The number of allylic oxidation sites excluding steroid dienone is 1. The van der Waals surface area contributed by atoms with Gasteiger partial charge in [-0.15, -0.1) is 0 Å². The minimum Gasteiger partial charge on any atom is -0.508 e. The van der Waals surface area contributed by atoms with Gasteiger partial charge in [0.2, 0.25) is 0 Å². The van der Waals surface area contributed by atoms with Crippen LogP contribution in [-0.4, -0.2) is 39.6 Å². The topological polar surface area (TPSA) is 87.0 Å². The van der Waals surface area contributed by atoms with Crippen LogP contribution in [0.5, 0.6) is 5.75 Å². The first-order valence-electron chi connectivity index (χ1n) is 17.2. The second kappa shape index (κ2) is 11.9. The van der Waals surface area contributed by atoms with Gasteiger partial charge in [-0.1, -0.05) is 58.4 Å². The van der Waals surface area contributed by atoms with Crippen molar-refractivity contribution in [1.82, 2.24) is 0 Å². The van der Waals surface area contributed by atoms with Gasteiger partial charge in [0, 0.05) is 11.5 Å². The van der Waals surface area contributed by atoms with Crippen molar-refractivity contribution < 1.29 is 24.9 Å². The van der Waals surface area contributed by atoms with Gasteiger partial charge in [0.15, 0.2) is 0 Å². The minimum atomic E-state index is -0.695. The van der Waals surface area contributed by atoms with Crippen molar-refractivity contribution in [3.05, 3.63) is 47.6 Å². The number of carbonyl (C=O) groups is 1. The number of benzene rings is 1. The van der Waals surface area contributed by atoms with E-state index >= 15 is 0 Å². The van der Waals surface area contributed by atoms with Gasteiger partial charge in [0.25, 0.3) is 0 Å². The predicted molar refractivity (Wildman–Crippen MR) is 177 cm³/mol. The quantitative estimate of drug-likeness (QED) is 0.157. The lowest BCUT2D eigenvalue weighted by Crippen LogP contribution is -2.64. The second-order valence-electron chi connectivity index (χ2n) is 16.6. The molecule has 5 nitrogen and oxygen atoms in total. The number of esters is 1. The molecule has 44 heavy (non-hydrogen) atoms. The maximum absolute atomic E-state index is 13.0. The Balaban J connectivity index is 1.30. The van der Waals surface area contributed by atoms with Crippen molar-refractivity contribution in [2.45, 2.75) is 124 Å². The normalized spacial score (nSPS) is 39.7. The molecule has 9 atom stereocenters. The summed E-state index contributed by atoms with van der Waals surface area (Å²) in [6, 6.07) is 6.81. The highest BCUT2D eigenvalue weighted by Crippen LogP contribution is 2.76. The lowest BCUT2D eigenvalue weighted by atomic mass is 9.35. The van der Waals surface area contributed by atoms with Gasteiger partial charge >= 0.3 is 5.97 Å². The van der Waals surface area contributed by atoms with Crippen LogP contribution in [0.4, 0.5) is 0 Å². The van der Waals surface area contributed by atoms with Crippen LogP contribution >= 0.6 is 0 Å². The SMILES string of the molecule is C/C(=C\CC[C@](C)(O)[C@H]1CC[C@]2(C)[C@@H]1CC[C@@H]1[C@@]3(C)CC[C@H](OC(=O)/C=C/c4ccc(O)cc4)C(C)(C)[C@H]3CC[C@]12C)CO. The summed E-state index contributed by atoms with van der Waals surface area (Å²) in [5.41, 5.74) is 1.66. The molecular weight excluding hydrogens is 548 g/mol. The zero-order chi connectivity index (χ0) is 32.1. The van der Waals surface area contributed by atoms with Crippen LogP contribution in [0.3, 0.4) is 0 Å². The molecule has 0 heterocycles. The van der Waals surface area contributed by atoms with Gasteiger partial charge in [-0.3, -0.25) is 0 Å². The summed E-state index contributed by atoms with van der Waals surface area (Å²) in [5.74, 6) is 1.88. The Morgan fingerprint density at radius 2 is 1.64 bits per heavy atom. The fourth-order valence-corrected chi connectivity index (χ4v) is 11.5. The lowest BCUT2D eigenvalue weighted by molar-refractivity contribution is -0.229. The molecule has 244 valence electrons. The molecule has 5 heteroatoms. The van der Waals surface area contributed by atoms with E-state index in [0.717, 1.165) is 49.7 Å². The molecule has 4 aliphatic carbocycles. The molecular formula is C39H58O5. The number of ether oxygens (including phenoxy) is 1. The Labute approximate surface area is 266 Å². The third-order valence-corrected chi connectivity index (χ3v) is 14.1. The second-order valence-corrected chi connectivity index (χ2v) is 16.6. The fraction of sp³-hybridized carbons (Fsp3) is 0.718. The molecule has 0 radical (unpaired) electrons. The number of aliphatic hydroxyl groups is 2. The number of aromatic hydroxyl groups is 1. The van der Waals surface area contributed by atoms with E-state index in [2.05, 4.69) is 47.6 Å². The summed E-state index contributed by atoms with van der Waals surface area (Å²) < 4.78 is 6.18. The maximum Gasteiger partial charge on any atom is 0.331 e. The smallest absolute Gasteiger partial charge is 0.331 e. The van der Waals surface area contributed by atoms with Crippen LogP contribution in [0.15, 0.2) is 42.0 Å². The van der Waals surface area contributed by atoms with E-state index in [1.165, 1.54) is 31.8 Å². The Bertz CT molecular complexity index is 1260. The van der Waals surface area contributed by atoms with Crippen molar-refractivity contribution in [1.29, 1.82) is 0 Å². The average Bonchev–Trinajstić information content (AvgIpc) is 3.33. The highest BCUT2D eigenvalue weighted by Gasteiger charge is 2.69. The average molecular weight is 607 g/mol. The molecule has 0 saturated heterocycles. The molecule has 0 bridgehead atoms. The summed E-state index contributed by atoms with van der Waals surface area (Å²) in [6.07, 6.45) is 15.8. The Morgan fingerprint density at radius 3 is 2.32 bits per heavy atom. The van der Waals surface area contributed by atoms with E-state index < -0.39 is 5.60 Å². The number of phenolic OH excluding ortho intramolecular Hbond substituents is 1. The third kappa shape index (κ3) is 5.59. The maximum atomic E-state index is 13.0. The lowest BCUT2D eigenvalue weighted by Gasteiger charge is -2.70. The number of aliphatic hydroxyl groups excluding tert-OH is 1. The van der Waals surface area contributed by atoms with Gasteiger partial charge in [-0.25, -0.2) is 4.79 Å². The third-order valence-electron chi connectivity index (χ3n) is 14.1. The molecule has 5 rings (SSSR count). The molecule has 1 aromatic carbocycles. The number of phenols is 1. The first-order chi connectivity index (χ1) is 20.6. The number of carbonyl (C=O) groups excluding carboxylic acids is 1. The molecule has 0 aromatic heterocycles. The molecule has 4 aliphatic rings. The van der Waals surface area contributed by atoms with Crippen molar-refractivity contribution in [2.75, 3.05) is 6.61 Å². The summed E-state index contributed by atoms with van der Waals surface area (Å²) in [7, 11) is 0. The summed E-state index contributed by atoms with van der Waals surface area (Å²) in [6.45, 7) is 16.5. The first kappa shape index (κ1) is 33.3. The molecule has 0 unspecified atom stereocenters. The molecule has 1 aromatic rings. The van der Waals surface area contributed by atoms with Crippen LogP contribution in [-0.2, 0) is 9.53 Å². The number of hydrogen-bond donors (Lipinski definition) is 3. The number of fused-ring (bicyclic) bond motifs is 5. The standard InChI is InChI=1S/C39H58O5/c1-26(25-40)9-8-21-39(7,43)30-18-23-37(5)29(30)15-16-32-36(4)22-20-33(35(2,3)31(36)19-24-38(32,37)6)44-34(42)17-12-27-10-13-28(41)14-11-27/h9-14,17,29-33,40-41,43H,8,15-16,18-25H2,1-7H3/b17-12+,26-9+/t29-,30+,31-,32-,33+,36+,37-,38-,39+/m1/s1. The van der Waals surface area contributed by atoms with Crippen molar-refractivity contribution >= 4 is 12.0 Å². The number of hydrogen-bond acceptors (Lipinski definition) is 5. The van der Waals surface area contributed by atoms with Gasteiger partial charge < -0.3 is 20.1 Å². The van der Waals surface area contributed by atoms with Crippen LogP contribution in [0.1, 0.15) is 118 Å². The largest absolute Gasteiger partial charge is 0.508 e. The van der Waals surface area contributed by atoms with E-state index in [1.54, 1.807) is 30.3 Å². The van der Waals surface area contributed by atoms with Gasteiger partial charge in [-0.2, -0.15) is 0 Å². The van der Waals surface area contributed by atoms with Gasteiger partial charge in [-0.05, 0) is 142 Å². The summed E-state index contributed by atoms with van der Waals surface area (Å²) in [4.78, 5) is 13.0. The summed E-state index contributed by atoms with van der Waals surface area (Å²) >= 11 is 0. The van der Waals surface area contributed by atoms with Gasteiger partial charge in [0.05, 0.1) is 12.2 Å². The Hall–Kier alpha value is -2.11. The van der Waals surface area contributed by atoms with E-state index in [9.17, 15) is 20.1 Å². The molecule has 0 amide bonds. The van der Waals surface area contributed by atoms with Crippen molar-refractivity contribution in [3.63, 3.8) is 0 Å². The fourth-order valence-electron chi connectivity index (χ4n) is 11.5. The van der Waals surface area contributed by atoms with Crippen LogP contribution in [0.2, 0.25) is 0 Å². The van der Waals surface area contributed by atoms with E-state index in [4.69, 9.17) is 4.74 Å². The highest BCUT2D eigenvalue weighted by atomic mass is 16.5. The van der Waals surface area contributed by atoms with Crippen molar-refractivity contribution in [2.24, 2.45) is 45.3 Å². The Morgan fingerprint density at radius 1 is 0.955 bits per heavy atom. The zero-order valence-corrected chi connectivity index (χ0v) is 28.4. The zero-order valence-electron chi connectivity index (χ0n) is 28.4. The number of rotatable bonds is 8. The van der Waals surface area contributed by atoms with E-state index in [-0.39, 0.29) is 46.1 Å². The summed E-state index contributed by atoms with van der Waals surface area (Å²) in [5, 5.41) is 30.7. The van der Waals surface area contributed by atoms with Crippen molar-refractivity contribution in [3.8, 4) is 5.75 Å². The predicted octanol–water partition coefficient (Wildman–Crippen LogP) is 8.47. The van der Waals surface area contributed by atoms with Crippen LogP contribution < -0.4 is 0 Å².